The molecule has 0 N–H and O–H groups in total. The summed E-state index contributed by atoms with van der Waals surface area (Å²) in [4.78, 5) is 21.4. The minimum Gasteiger partial charge on any atom is -0.351 e. The zero-order valence-corrected chi connectivity index (χ0v) is 16.0. The van der Waals surface area contributed by atoms with Gasteiger partial charge >= 0.3 is 0 Å². The predicted octanol–water partition coefficient (Wildman–Crippen LogP) is 3.42. The SMILES string of the molecule is Cc1cc(C)c2sc(N(CCN(C)C)C(=O)c3cc(C)no3)nc2c1. The van der Waals surface area contributed by atoms with Gasteiger partial charge in [0.15, 0.2) is 5.13 Å². The van der Waals surface area contributed by atoms with Gasteiger partial charge in [0.05, 0.1) is 15.9 Å². The summed E-state index contributed by atoms with van der Waals surface area (Å²) in [6, 6.07) is 5.85. The molecule has 3 aromatic rings. The quantitative estimate of drug-likeness (QED) is 0.699. The average Bonchev–Trinajstić information content (AvgIpc) is 3.13. The third-order valence-corrected chi connectivity index (χ3v) is 5.12. The fourth-order valence-electron chi connectivity index (χ4n) is 2.66. The van der Waals surface area contributed by atoms with Crippen molar-refractivity contribution >= 4 is 32.6 Å². The van der Waals surface area contributed by atoms with Crippen molar-refractivity contribution in [3.8, 4) is 0 Å². The van der Waals surface area contributed by atoms with Crippen LogP contribution in [0.1, 0.15) is 27.4 Å². The summed E-state index contributed by atoms with van der Waals surface area (Å²) in [5.74, 6) is 0.0271. The normalized spacial score (nSPS) is 11.4. The molecular formula is C18H22N4O2S. The van der Waals surface area contributed by atoms with Crippen LogP contribution < -0.4 is 4.90 Å². The topological polar surface area (TPSA) is 62.5 Å². The maximum atomic E-state index is 12.9. The summed E-state index contributed by atoms with van der Waals surface area (Å²) >= 11 is 1.54. The number of hydrogen-bond donors (Lipinski definition) is 0. The van der Waals surface area contributed by atoms with Gasteiger partial charge in [0.25, 0.3) is 5.91 Å². The van der Waals surface area contributed by atoms with Crippen LogP contribution in [0.5, 0.6) is 0 Å². The number of likely N-dealkylation sites (N-methyl/N-ethyl adjacent to an activating group) is 1. The number of carbonyl (C=O) groups is 1. The summed E-state index contributed by atoms with van der Waals surface area (Å²) in [5, 5.41) is 4.51. The fraction of sp³-hybridized carbons (Fsp3) is 0.389. The molecule has 1 aromatic carbocycles. The molecule has 0 bridgehead atoms. The molecular weight excluding hydrogens is 336 g/mol. The molecule has 0 aliphatic heterocycles. The van der Waals surface area contributed by atoms with Gasteiger partial charge in [0.2, 0.25) is 5.76 Å². The molecule has 6 nitrogen and oxygen atoms in total. The Bertz CT molecular complexity index is 913. The number of thiazole rings is 1. The van der Waals surface area contributed by atoms with Crippen LogP contribution in [0, 0.1) is 20.8 Å². The summed E-state index contributed by atoms with van der Waals surface area (Å²) in [6.07, 6.45) is 0. The second-order valence-electron chi connectivity index (χ2n) is 6.52. The molecule has 7 heteroatoms. The second kappa shape index (κ2) is 6.93. The highest BCUT2D eigenvalue weighted by atomic mass is 32.1. The first-order valence-corrected chi connectivity index (χ1v) is 8.94. The third kappa shape index (κ3) is 3.72. The number of aryl methyl sites for hydroxylation is 3. The van der Waals surface area contributed by atoms with Gasteiger partial charge in [0, 0.05) is 19.2 Å². The van der Waals surface area contributed by atoms with Crippen LogP contribution in [0.2, 0.25) is 0 Å². The van der Waals surface area contributed by atoms with E-state index in [1.54, 1.807) is 17.9 Å². The Labute approximate surface area is 151 Å². The van der Waals surface area contributed by atoms with Crippen molar-refractivity contribution in [2.75, 3.05) is 32.1 Å². The van der Waals surface area contributed by atoms with Gasteiger partial charge in [-0.2, -0.15) is 0 Å². The van der Waals surface area contributed by atoms with E-state index in [1.165, 1.54) is 22.5 Å². The van der Waals surface area contributed by atoms with Crippen molar-refractivity contribution < 1.29 is 9.32 Å². The monoisotopic (exact) mass is 358 g/mol. The molecule has 25 heavy (non-hydrogen) atoms. The van der Waals surface area contributed by atoms with Gasteiger partial charge in [-0.3, -0.25) is 9.69 Å². The van der Waals surface area contributed by atoms with Gasteiger partial charge < -0.3 is 9.42 Å². The lowest BCUT2D eigenvalue weighted by Crippen LogP contribution is -2.36. The Hall–Kier alpha value is -2.25. The number of fused-ring (bicyclic) bond motifs is 1. The smallest absolute Gasteiger partial charge is 0.298 e. The Kier molecular flexibility index (Phi) is 4.87. The minimum absolute atomic E-state index is 0.212. The Morgan fingerprint density at radius 1 is 1.16 bits per heavy atom. The summed E-state index contributed by atoms with van der Waals surface area (Å²) < 4.78 is 6.28. The molecule has 0 atom stereocenters. The molecule has 0 aliphatic rings. The van der Waals surface area contributed by atoms with Gasteiger partial charge in [-0.05, 0) is 52.1 Å². The number of anilines is 1. The number of carbonyl (C=O) groups excluding carboxylic acids is 1. The van der Waals surface area contributed by atoms with Crippen molar-refractivity contribution in [3.05, 3.63) is 40.8 Å². The molecule has 0 spiro atoms. The number of aromatic nitrogens is 2. The number of rotatable bonds is 5. The van der Waals surface area contributed by atoms with Gasteiger partial charge in [-0.15, -0.1) is 0 Å². The first-order valence-electron chi connectivity index (χ1n) is 8.13. The molecule has 0 unspecified atom stereocenters. The molecule has 2 aromatic heterocycles. The highest BCUT2D eigenvalue weighted by Gasteiger charge is 2.24. The van der Waals surface area contributed by atoms with Crippen LogP contribution in [-0.4, -0.2) is 48.1 Å². The van der Waals surface area contributed by atoms with Crippen LogP contribution in [0.15, 0.2) is 22.7 Å². The maximum Gasteiger partial charge on any atom is 0.298 e. The zero-order valence-electron chi connectivity index (χ0n) is 15.2. The summed E-state index contributed by atoms with van der Waals surface area (Å²) in [5.41, 5.74) is 3.95. The van der Waals surface area contributed by atoms with E-state index in [2.05, 4.69) is 31.1 Å². The molecule has 0 saturated carbocycles. The van der Waals surface area contributed by atoms with E-state index in [0.29, 0.717) is 17.4 Å². The van der Waals surface area contributed by atoms with E-state index >= 15 is 0 Å². The van der Waals surface area contributed by atoms with Gasteiger partial charge in [-0.25, -0.2) is 4.98 Å². The van der Waals surface area contributed by atoms with E-state index in [1.807, 2.05) is 19.0 Å². The Morgan fingerprint density at radius 2 is 1.92 bits per heavy atom. The van der Waals surface area contributed by atoms with Crippen LogP contribution in [0.3, 0.4) is 0 Å². The lowest BCUT2D eigenvalue weighted by Gasteiger charge is -2.20. The van der Waals surface area contributed by atoms with E-state index in [-0.39, 0.29) is 11.7 Å². The van der Waals surface area contributed by atoms with Gasteiger partial charge in [0.1, 0.15) is 0 Å². The average molecular weight is 358 g/mol. The van der Waals surface area contributed by atoms with Gasteiger partial charge in [-0.1, -0.05) is 22.6 Å². The number of amides is 1. The van der Waals surface area contributed by atoms with E-state index < -0.39 is 0 Å². The molecule has 0 radical (unpaired) electrons. The van der Waals surface area contributed by atoms with Crippen molar-refractivity contribution in [2.24, 2.45) is 0 Å². The van der Waals surface area contributed by atoms with Crippen molar-refractivity contribution in [3.63, 3.8) is 0 Å². The van der Waals surface area contributed by atoms with Crippen molar-refractivity contribution in [1.29, 1.82) is 0 Å². The first kappa shape index (κ1) is 17.6. The fourth-order valence-corrected chi connectivity index (χ4v) is 3.70. The van der Waals surface area contributed by atoms with Crippen LogP contribution in [0.4, 0.5) is 5.13 Å². The van der Waals surface area contributed by atoms with Crippen molar-refractivity contribution in [1.82, 2.24) is 15.0 Å². The molecule has 1 amide bonds. The minimum atomic E-state index is -0.212. The predicted molar refractivity (Wildman–Crippen MR) is 101 cm³/mol. The van der Waals surface area contributed by atoms with Crippen molar-refractivity contribution in [2.45, 2.75) is 20.8 Å². The molecule has 0 fully saturated rings. The number of nitrogens with zero attached hydrogens (tertiary/aromatic N) is 4. The Morgan fingerprint density at radius 3 is 2.56 bits per heavy atom. The molecule has 0 saturated heterocycles. The largest absolute Gasteiger partial charge is 0.351 e. The summed E-state index contributed by atoms with van der Waals surface area (Å²) in [6.45, 7) is 7.19. The highest BCUT2D eigenvalue weighted by molar-refractivity contribution is 7.22. The Balaban J connectivity index is 2.01. The van der Waals surface area contributed by atoms with E-state index in [0.717, 1.165) is 16.8 Å². The molecule has 132 valence electrons. The maximum absolute atomic E-state index is 12.9. The lowest BCUT2D eigenvalue weighted by molar-refractivity contribution is 0.0949. The first-order chi connectivity index (χ1) is 11.8. The number of benzene rings is 1. The van der Waals surface area contributed by atoms with E-state index in [4.69, 9.17) is 9.51 Å². The zero-order chi connectivity index (χ0) is 18.1. The van der Waals surface area contributed by atoms with Crippen LogP contribution in [0.25, 0.3) is 10.2 Å². The molecule has 2 heterocycles. The van der Waals surface area contributed by atoms with Crippen LogP contribution >= 0.6 is 11.3 Å². The molecule has 3 rings (SSSR count). The molecule has 0 aliphatic carbocycles. The van der Waals surface area contributed by atoms with E-state index in [9.17, 15) is 4.79 Å². The third-order valence-electron chi connectivity index (χ3n) is 3.89. The second-order valence-corrected chi connectivity index (χ2v) is 7.50. The lowest BCUT2D eigenvalue weighted by atomic mass is 10.1. The highest BCUT2D eigenvalue weighted by Crippen LogP contribution is 2.32. The van der Waals surface area contributed by atoms with Crippen LogP contribution in [-0.2, 0) is 0 Å². The summed E-state index contributed by atoms with van der Waals surface area (Å²) in [7, 11) is 3.96. The number of hydrogen-bond acceptors (Lipinski definition) is 6. The standard InChI is InChI=1S/C18H22N4O2S/c1-11-8-12(2)16-14(9-11)19-18(25-16)22(7-6-21(4)5)17(23)15-10-13(3)20-24-15/h8-10H,6-7H2,1-5H3.